The molecule has 8 heteroatoms. The number of amides is 3. The van der Waals surface area contributed by atoms with E-state index in [1.165, 1.54) is 4.68 Å². The molecular weight excluding hydrogens is 296 g/mol. The number of carbonyl (C=O) groups is 2. The van der Waals surface area contributed by atoms with E-state index in [4.69, 9.17) is 0 Å². The van der Waals surface area contributed by atoms with Crippen molar-refractivity contribution in [2.45, 2.75) is 47.1 Å². The first-order valence-electron chi connectivity index (χ1n) is 7.64. The standard InChI is InChI=1S/C15H22N6O2/c1-6-11-10(5)17-14(19-13(11)22)21-12(7-9(4)20-21)18-15(23)16-8(2)3/h7-8,11H,6H2,1-5H3,(H2,16,18,23). The van der Waals surface area contributed by atoms with Crippen molar-refractivity contribution in [1.82, 2.24) is 15.1 Å². The van der Waals surface area contributed by atoms with Crippen molar-refractivity contribution in [1.29, 1.82) is 0 Å². The molecule has 8 nitrogen and oxygen atoms in total. The molecule has 0 radical (unpaired) electrons. The van der Waals surface area contributed by atoms with E-state index in [2.05, 4.69) is 25.7 Å². The van der Waals surface area contributed by atoms with Crippen LogP contribution in [0.2, 0.25) is 0 Å². The van der Waals surface area contributed by atoms with E-state index >= 15 is 0 Å². The van der Waals surface area contributed by atoms with Crippen LogP contribution in [0.5, 0.6) is 0 Å². The number of nitrogens with one attached hydrogen (secondary N) is 2. The molecule has 0 saturated heterocycles. The number of carbonyl (C=O) groups excluding carboxylic acids is 2. The SMILES string of the molecule is CCC1C(=O)N=C(n2nc(C)cc2NC(=O)NC(C)C)N=C1C. The van der Waals surface area contributed by atoms with Crippen molar-refractivity contribution < 1.29 is 9.59 Å². The van der Waals surface area contributed by atoms with E-state index in [9.17, 15) is 9.59 Å². The second kappa shape index (κ2) is 6.72. The maximum absolute atomic E-state index is 12.1. The number of aliphatic imine (C=N–C) groups is 2. The molecule has 0 fully saturated rings. The first kappa shape index (κ1) is 16.9. The minimum Gasteiger partial charge on any atom is -0.336 e. The first-order valence-corrected chi connectivity index (χ1v) is 7.64. The van der Waals surface area contributed by atoms with Gasteiger partial charge in [0.15, 0.2) is 0 Å². The fourth-order valence-electron chi connectivity index (χ4n) is 2.34. The minimum absolute atomic E-state index is 0.00615. The number of rotatable bonds is 3. The molecule has 1 unspecified atom stereocenters. The number of nitrogens with zero attached hydrogens (tertiary/aromatic N) is 4. The van der Waals surface area contributed by atoms with E-state index in [0.717, 1.165) is 0 Å². The third kappa shape index (κ3) is 3.82. The molecule has 23 heavy (non-hydrogen) atoms. The predicted octanol–water partition coefficient (Wildman–Crippen LogP) is 1.95. The molecule has 0 spiro atoms. The third-order valence-corrected chi connectivity index (χ3v) is 3.38. The lowest BCUT2D eigenvalue weighted by atomic mass is 10.00. The Hall–Kier alpha value is -2.51. The molecule has 3 amide bonds. The smallest absolute Gasteiger partial charge is 0.320 e. The lowest BCUT2D eigenvalue weighted by Gasteiger charge is -2.17. The molecule has 0 aromatic carbocycles. The van der Waals surface area contributed by atoms with Crippen LogP contribution in [0.3, 0.4) is 0 Å². The Morgan fingerprint density at radius 2 is 2.04 bits per heavy atom. The molecule has 124 valence electrons. The maximum Gasteiger partial charge on any atom is 0.320 e. The van der Waals surface area contributed by atoms with Gasteiger partial charge < -0.3 is 5.32 Å². The van der Waals surface area contributed by atoms with E-state index in [1.54, 1.807) is 19.9 Å². The Morgan fingerprint density at radius 3 is 2.61 bits per heavy atom. The molecule has 2 rings (SSSR count). The van der Waals surface area contributed by atoms with Gasteiger partial charge in [-0.05, 0) is 34.1 Å². The van der Waals surface area contributed by atoms with Crippen LogP contribution < -0.4 is 10.6 Å². The zero-order chi connectivity index (χ0) is 17.1. The van der Waals surface area contributed by atoms with Crippen molar-refractivity contribution in [2.24, 2.45) is 15.9 Å². The van der Waals surface area contributed by atoms with Crippen LogP contribution in [0.1, 0.15) is 39.8 Å². The van der Waals surface area contributed by atoms with E-state index in [-0.39, 0.29) is 29.9 Å². The summed E-state index contributed by atoms with van der Waals surface area (Å²) in [5.74, 6) is 0.0700. The summed E-state index contributed by atoms with van der Waals surface area (Å²) in [6.45, 7) is 9.24. The van der Waals surface area contributed by atoms with Gasteiger partial charge in [-0.15, -0.1) is 0 Å². The van der Waals surface area contributed by atoms with Crippen molar-refractivity contribution in [3.05, 3.63) is 11.8 Å². The highest BCUT2D eigenvalue weighted by Crippen LogP contribution is 2.17. The predicted molar refractivity (Wildman–Crippen MR) is 89.0 cm³/mol. The van der Waals surface area contributed by atoms with Crippen LogP contribution in [-0.4, -0.2) is 39.4 Å². The van der Waals surface area contributed by atoms with Gasteiger partial charge in [-0.25, -0.2) is 9.79 Å². The molecule has 1 aromatic rings. The lowest BCUT2D eigenvalue weighted by Crippen LogP contribution is -2.35. The van der Waals surface area contributed by atoms with Gasteiger partial charge in [-0.2, -0.15) is 14.8 Å². The van der Waals surface area contributed by atoms with Gasteiger partial charge >= 0.3 is 6.03 Å². The second-order valence-corrected chi connectivity index (χ2v) is 5.80. The van der Waals surface area contributed by atoms with Crippen LogP contribution in [-0.2, 0) is 4.79 Å². The quantitative estimate of drug-likeness (QED) is 0.890. The molecule has 1 atom stereocenters. The van der Waals surface area contributed by atoms with Crippen molar-refractivity contribution in [3.8, 4) is 0 Å². The molecule has 1 aliphatic rings. The molecule has 0 saturated carbocycles. The molecule has 1 aromatic heterocycles. The summed E-state index contributed by atoms with van der Waals surface area (Å²) < 4.78 is 1.38. The lowest BCUT2D eigenvalue weighted by molar-refractivity contribution is -0.119. The largest absolute Gasteiger partial charge is 0.336 e. The van der Waals surface area contributed by atoms with E-state index in [1.807, 2.05) is 20.8 Å². The number of hydrogen-bond acceptors (Lipinski definition) is 4. The summed E-state index contributed by atoms with van der Waals surface area (Å²) in [7, 11) is 0. The molecule has 0 bridgehead atoms. The fraction of sp³-hybridized carbons (Fsp3) is 0.533. The van der Waals surface area contributed by atoms with Gasteiger partial charge in [0.2, 0.25) is 0 Å². The minimum atomic E-state index is -0.351. The maximum atomic E-state index is 12.1. The normalized spacial score (nSPS) is 17.8. The highest BCUT2D eigenvalue weighted by Gasteiger charge is 2.26. The van der Waals surface area contributed by atoms with Crippen molar-refractivity contribution in [2.75, 3.05) is 5.32 Å². The van der Waals surface area contributed by atoms with E-state index in [0.29, 0.717) is 23.6 Å². The van der Waals surface area contributed by atoms with Crippen LogP contribution in [0.25, 0.3) is 0 Å². The fourth-order valence-corrected chi connectivity index (χ4v) is 2.34. The van der Waals surface area contributed by atoms with Gasteiger partial charge in [0.25, 0.3) is 11.9 Å². The van der Waals surface area contributed by atoms with Crippen LogP contribution in [0, 0.1) is 12.8 Å². The van der Waals surface area contributed by atoms with Crippen molar-refractivity contribution >= 4 is 29.4 Å². The summed E-state index contributed by atoms with van der Waals surface area (Å²) in [6, 6.07) is 1.35. The summed E-state index contributed by atoms with van der Waals surface area (Å²) in [5.41, 5.74) is 1.39. The van der Waals surface area contributed by atoms with Crippen LogP contribution in [0.15, 0.2) is 16.1 Å². The number of urea groups is 1. The van der Waals surface area contributed by atoms with Gasteiger partial charge in [-0.3, -0.25) is 10.1 Å². The summed E-state index contributed by atoms with van der Waals surface area (Å²) in [6.07, 6.45) is 0.658. The molecule has 0 aliphatic carbocycles. The van der Waals surface area contributed by atoms with E-state index < -0.39 is 0 Å². The number of aryl methyl sites for hydroxylation is 1. The Kier molecular flexibility index (Phi) is 4.92. The Bertz CT molecular complexity index is 686. The van der Waals surface area contributed by atoms with Gasteiger partial charge in [0.05, 0.1) is 11.6 Å². The van der Waals surface area contributed by atoms with Crippen LogP contribution in [0.4, 0.5) is 10.6 Å². The summed E-state index contributed by atoms with van der Waals surface area (Å²) >= 11 is 0. The number of hydrogen-bond donors (Lipinski definition) is 2. The summed E-state index contributed by atoms with van der Waals surface area (Å²) in [5, 5.41) is 9.70. The molecule has 1 aliphatic heterocycles. The van der Waals surface area contributed by atoms with Gasteiger partial charge in [0, 0.05) is 17.8 Å². The topological polar surface area (TPSA) is 101 Å². The van der Waals surface area contributed by atoms with Gasteiger partial charge in [-0.1, -0.05) is 6.92 Å². The Balaban J connectivity index is 2.31. The first-order chi connectivity index (χ1) is 10.8. The zero-order valence-corrected chi connectivity index (χ0v) is 14.0. The molecule has 2 N–H and O–H groups in total. The summed E-state index contributed by atoms with van der Waals surface area (Å²) in [4.78, 5) is 32.4. The second-order valence-electron chi connectivity index (χ2n) is 5.80. The average molecular weight is 318 g/mol. The monoisotopic (exact) mass is 318 g/mol. The average Bonchev–Trinajstić information content (AvgIpc) is 2.78. The highest BCUT2D eigenvalue weighted by atomic mass is 16.2. The third-order valence-electron chi connectivity index (χ3n) is 3.38. The highest BCUT2D eigenvalue weighted by molar-refractivity contribution is 6.15. The Morgan fingerprint density at radius 1 is 1.35 bits per heavy atom. The Labute approximate surface area is 135 Å². The van der Waals surface area contributed by atoms with Crippen LogP contribution >= 0.6 is 0 Å². The number of aromatic nitrogens is 2. The van der Waals surface area contributed by atoms with Crippen molar-refractivity contribution in [3.63, 3.8) is 0 Å². The van der Waals surface area contributed by atoms with Gasteiger partial charge in [0.1, 0.15) is 5.82 Å². The zero-order valence-electron chi connectivity index (χ0n) is 14.0. The molecular formula is C15H22N6O2. The number of anilines is 1. The molecule has 2 heterocycles.